The molecule has 0 unspecified atom stereocenters. The first kappa shape index (κ1) is 19.0. The normalized spacial score (nSPS) is 11.6. The first-order chi connectivity index (χ1) is 13.7. The van der Waals surface area contributed by atoms with E-state index in [0.717, 1.165) is 17.2 Å². The van der Waals surface area contributed by atoms with E-state index in [2.05, 4.69) is 10.3 Å². The first-order valence-corrected chi connectivity index (χ1v) is 8.37. The Labute approximate surface area is 160 Å². The number of carbonyl (C=O) groups is 1. The zero-order chi connectivity index (χ0) is 19.8. The standard InChI is InChI=1S/C21H17FN2O4/c1-26-24-20(17-11-10-15-6-2-3-7-16(15)12-17)21(25)27-14-23-28-13-18-8-4-5-9-19(18)22/h2-12,14H,13H2,1H3. The Kier molecular flexibility index (Phi) is 6.30. The smallest absolute Gasteiger partial charge is 0.367 e. The van der Waals surface area contributed by atoms with Crippen molar-refractivity contribution in [1.29, 1.82) is 0 Å². The fraction of sp³-hybridized carbons (Fsp3) is 0.0952. The molecule has 0 saturated carbocycles. The third kappa shape index (κ3) is 4.70. The Morgan fingerprint density at radius 2 is 1.79 bits per heavy atom. The highest BCUT2D eigenvalue weighted by molar-refractivity contribution is 6.44. The molecular weight excluding hydrogens is 363 g/mol. The molecule has 6 nitrogen and oxygen atoms in total. The summed E-state index contributed by atoms with van der Waals surface area (Å²) < 4.78 is 18.4. The number of fused-ring (bicyclic) bond motifs is 1. The van der Waals surface area contributed by atoms with E-state index in [1.807, 2.05) is 30.3 Å². The van der Waals surface area contributed by atoms with Gasteiger partial charge in [0, 0.05) is 11.1 Å². The van der Waals surface area contributed by atoms with Gasteiger partial charge in [-0.25, -0.2) is 9.18 Å². The fourth-order valence-electron chi connectivity index (χ4n) is 2.51. The molecule has 0 heterocycles. The zero-order valence-electron chi connectivity index (χ0n) is 15.0. The van der Waals surface area contributed by atoms with Crippen LogP contribution in [-0.4, -0.2) is 25.2 Å². The van der Waals surface area contributed by atoms with Gasteiger partial charge in [-0.15, -0.1) is 0 Å². The minimum absolute atomic E-state index is 0.0196. The van der Waals surface area contributed by atoms with Gasteiger partial charge < -0.3 is 14.4 Å². The number of benzene rings is 3. The van der Waals surface area contributed by atoms with Gasteiger partial charge in [0.15, 0.2) is 5.71 Å². The molecule has 0 aliphatic heterocycles. The van der Waals surface area contributed by atoms with Crippen molar-refractivity contribution in [3.8, 4) is 0 Å². The Bertz CT molecular complexity index is 1030. The molecule has 3 aromatic carbocycles. The van der Waals surface area contributed by atoms with E-state index in [0.29, 0.717) is 11.1 Å². The van der Waals surface area contributed by atoms with Gasteiger partial charge in [0.25, 0.3) is 0 Å². The monoisotopic (exact) mass is 380 g/mol. The number of nitrogens with zero attached hydrogens (tertiary/aromatic N) is 2. The van der Waals surface area contributed by atoms with Crippen LogP contribution in [0.5, 0.6) is 0 Å². The summed E-state index contributed by atoms with van der Waals surface area (Å²) in [5.74, 6) is -1.17. The summed E-state index contributed by atoms with van der Waals surface area (Å²) in [6, 6.07) is 19.3. The highest BCUT2D eigenvalue weighted by Gasteiger charge is 2.17. The average molecular weight is 380 g/mol. The Balaban J connectivity index is 1.64. The van der Waals surface area contributed by atoms with Crippen LogP contribution < -0.4 is 0 Å². The lowest BCUT2D eigenvalue weighted by atomic mass is 10.0. The first-order valence-electron chi connectivity index (χ1n) is 8.37. The lowest BCUT2D eigenvalue weighted by Crippen LogP contribution is -2.18. The summed E-state index contributed by atoms with van der Waals surface area (Å²) in [6.45, 7) is -0.0928. The molecule has 3 aromatic rings. The van der Waals surface area contributed by atoms with E-state index < -0.39 is 11.8 Å². The summed E-state index contributed by atoms with van der Waals surface area (Å²) in [5, 5.41) is 9.22. The maximum atomic E-state index is 13.5. The summed E-state index contributed by atoms with van der Waals surface area (Å²) in [7, 11) is 1.33. The molecule has 142 valence electrons. The second-order valence-electron chi connectivity index (χ2n) is 5.67. The molecule has 0 aliphatic rings. The maximum Gasteiger partial charge on any atom is 0.367 e. The van der Waals surface area contributed by atoms with Crippen molar-refractivity contribution in [3.63, 3.8) is 0 Å². The van der Waals surface area contributed by atoms with Crippen LogP contribution in [0.15, 0.2) is 77.0 Å². The molecule has 0 fully saturated rings. The molecule has 7 heteroatoms. The maximum absolute atomic E-state index is 13.5. The molecule has 0 amide bonds. The van der Waals surface area contributed by atoms with Gasteiger partial charge in [0.1, 0.15) is 19.5 Å². The fourth-order valence-corrected chi connectivity index (χ4v) is 2.51. The van der Waals surface area contributed by atoms with E-state index in [1.54, 1.807) is 30.3 Å². The van der Waals surface area contributed by atoms with Crippen molar-refractivity contribution >= 4 is 28.9 Å². The van der Waals surface area contributed by atoms with Crippen LogP contribution in [0, 0.1) is 5.82 Å². The molecule has 0 atom stereocenters. The number of carbonyl (C=O) groups excluding carboxylic acids is 1. The lowest BCUT2D eigenvalue weighted by Gasteiger charge is -2.05. The summed E-state index contributed by atoms with van der Waals surface area (Å²) in [5.41, 5.74) is 0.851. The minimum atomic E-state index is -0.768. The van der Waals surface area contributed by atoms with Crippen LogP contribution in [-0.2, 0) is 25.8 Å². The minimum Gasteiger partial charge on any atom is -0.406 e. The van der Waals surface area contributed by atoms with Crippen LogP contribution in [0.1, 0.15) is 11.1 Å². The third-order valence-electron chi connectivity index (χ3n) is 3.85. The molecule has 0 N–H and O–H groups in total. The van der Waals surface area contributed by atoms with Gasteiger partial charge in [0.2, 0.25) is 6.40 Å². The highest BCUT2D eigenvalue weighted by atomic mass is 19.1. The number of oxime groups is 2. The second-order valence-corrected chi connectivity index (χ2v) is 5.67. The quantitative estimate of drug-likeness (QED) is 0.269. The summed E-state index contributed by atoms with van der Waals surface area (Å²) in [6.07, 6.45) is 0.829. The van der Waals surface area contributed by atoms with Crippen LogP contribution in [0.4, 0.5) is 4.39 Å². The van der Waals surface area contributed by atoms with Gasteiger partial charge in [0.05, 0.1) is 0 Å². The Morgan fingerprint density at radius 1 is 1.04 bits per heavy atom. The summed E-state index contributed by atoms with van der Waals surface area (Å²) in [4.78, 5) is 22.0. The number of rotatable bonds is 7. The van der Waals surface area contributed by atoms with E-state index in [4.69, 9.17) is 14.4 Å². The van der Waals surface area contributed by atoms with Gasteiger partial charge in [-0.05, 0) is 22.9 Å². The van der Waals surface area contributed by atoms with Crippen molar-refractivity contribution < 1.29 is 23.6 Å². The van der Waals surface area contributed by atoms with E-state index in [-0.39, 0.29) is 12.3 Å². The van der Waals surface area contributed by atoms with E-state index >= 15 is 0 Å². The Morgan fingerprint density at radius 3 is 2.57 bits per heavy atom. The molecule has 28 heavy (non-hydrogen) atoms. The third-order valence-corrected chi connectivity index (χ3v) is 3.85. The van der Waals surface area contributed by atoms with Crippen LogP contribution >= 0.6 is 0 Å². The molecule has 0 saturated heterocycles. The molecular formula is C21H17FN2O4. The van der Waals surface area contributed by atoms with Crippen LogP contribution in [0.25, 0.3) is 10.8 Å². The van der Waals surface area contributed by atoms with E-state index in [1.165, 1.54) is 13.2 Å². The van der Waals surface area contributed by atoms with Crippen molar-refractivity contribution in [2.75, 3.05) is 7.11 Å². The van der Waals surface area contributed by atoms with Crippen molar-refractivity contribution in [1.82, 2.24) is 0 Å². The average Bonchev–Trinajstić information content (AvgIpc) is 2.72. The van der Waals surface area contributed by atoms with Crippen molar-refractivity contribution in [3.05, 3.63) is 83.7 Å². The van der Waals surface area contributed by atoms with Crippen molar-refractivity contribution in [2.24, 2.45) is 10.3 Å². The molecule has 0 bridgehead atoms. The van der Waals surface area contributed by atoms with Gasteiger partial charge >= 0.3 is 5.97 Å². The summed E-state index contributed by atoms with van der Waals surface area (Å²) >= 11 is 0. The predicted octanol–water partition coefficient (Wildman–Crippen LogP) is 4.03. The molecule has 0 aliphatic carbocycles. The molecule has 3 rings (SSSR count). The SMILES string of the molecule is CON=C(C(=O)OC=NOCc1ccccc1F)c1ccc2ccccc2c1. The van der Waals surface area contributed by atoms with Crippen LogP contribution in [0.2, 0.25) is 0 Å². The molecule has 0 aromatic heterocycles. The predicted molar refractivity (Wildman–Crippen MR) is 103 cm³/mol. The topological polar surface area (TPSA) is 69.5 Å². The Hall–Kier alpha value is -3.74. The zero-order valence-corrected chi connectivity index (χ0v) is 15.0. The second kappa shape index (κ2) is 9.27. The largest absolute Gasteiger partial charge is 0.406 e. The number of hydrogen-bond acceptors (Lipinski definition) is 6. The van der Waals surface area contributed by atoms with Gasteiger partial charge in [-0.1, -0.05) is 64.9 Å². The van der Waals surface area contributed by atoms with Crippen LogP contribution in [0.3, 0.4) is 0 Å². The highest BCUT2D eigenvalue weighted by Crippen LogP contribution is 2.17. The number of esters is 1. The molecule has 0 radical (unpaired) electrons. The van der Waals surface area contributed by atoms with Gasteiger partial charge in [-0.2, -0.15) is 0 Å². The van der Waals surface area contributed by atoms with Crippen molar-refractivity contribution in [2.45, 2.75) is 6.61 Å². The van der Waals surface area contributed by atoms with Gasteiger partial charge in [-0.3, -0.25) is 0 Å². The van der Waals surface area contributed by atoms with E-state index in [9.17, 15) is 9.18 Å². The number of halogens is 1. The lowest BCUT2D eigenvalue weighted by molar-refractivity contribution is -0.127. The molecule has 0 spiro atoms. The number of ether oxygens (including phenoxy) is 1. The number of hydrogen-bond donors (Lipinski definition) is 0.